The quantitative estimate of drug-likeness (QED) is 0.352. The Balaban J connectivity index is 1.70. The van der Waals surface area contributed by atoms with E-state index in [0.717, 1.165) is 20.6 Å². The third-order valence-electron chi connectivity index (χ3n) is 4.38. The summed E-state index contributed by atoms with van der Waals surface area (Å²) in [5.41, 5.74) is 4.18. The molecule has 32 heavy (non-hydrogen) atoms. The van der Waals surface area contributed by atoms with Crippen LogP contribution in [0.1, 0.15) is 12.5 Å². The molecule has 9 heteroatoms. The van der Waals surface area contributed by atoms with Gasteiger partial charge in [0.15, 0.2) is 0 Å². The third kappa shape index (κ3) is 6.66. The first-order valence-corrected chi connectivity index (χ1v) is 12.3. The molecule has 0 aromatic heterocycles. The Morgan fingerprint density at radius 2 is 1.66 bits per heavy atom. The molecule has 0 saturated heterocycles. The van der Waals surface area contributed by atoms with Gasteiger partial charge in [-0.2, -0.15) is 5.10 Å². The summed E-state index contributed by atoms with van der Waals surface area (Å²) in [5, 5.41) is 4.08. The van der Waals surface area contributed by atoms with E-state index >= 15 is 0 Å². The summed E-state index contributed by atoms with van der Waals surface area (Å²) in [5.74, 6) is 0.653. The van der Waals surface area contributed by atoms with Crippen molar-refractivity contribution >= 4 is 43.3 Å². The summed E-state index contributed by atoms with van der Waals surface area (Å²) in [6.45, 7) is 1.34. The highest BCUT2D eigenvalue weighted by Gasteiger charge is 2.21. The molecule has 166 valence electrons. The number of hydrogen-bond donors (Lipinski definition) is 1. The molecule has 0 fully saturated rings. The van der Waals surface area contributed by atoms with E-state index in [1.54, 1.807) is 31.2 Å². The number of halogens is 1. The standard InChI is InChI=1S/C23H22BrN3O4S/c1-17(18-7-6-8-19(24)15-18)25-26-23(28)16-27(32(2,29)30)20-11-13-22(14-12-20)31-21-9-4-3-5-10-21/h3-15H,16H2,1-2H3,(H,26,28)/b25-17+. The maximum Gasteiger partial charge on any atom is 0.260 e. The molecule has 3 rings (SSSR count). The maximum atomic E-state index is 12.4. The Hall–Kier alpha value is -3.17. The monoisotopic (exact) mass is 515 g/mol. The molecule has 3 aromatic rings. The Morgan fingerprint density at radius 3 is 2.28 bits per heavy atom. The Kier molecular flexibility index (Phi) is 7.66. The van der Waals surface area contributed by atoms with E-state index in [1.165, 1.54) is 0 Å². The van der Waals surface area contributed by atoms with Gasteiger partial charge in [0.2, 0.25) is 10.0 Å². The summed E-state index contributed by atoms with van der Waals surface area (Å²) in [6, 6.07) is 23.2. The number of anilines is 1. The van der Waals surface area contributed by atoms with E-state index in [-0.39, 0.29) is 0 Å². The van der Waals surface area contributed by atoms with Gasteiger partial charge in [0.1, 0.15) is 18.0 Å². The molecule has 0 unspecified atom stereocenters. The van der Waals surface area contributed by atoms with Gasteiger partial charge in [0, 0.05) is 4.47 Å². The molecule has 1 N–H and O–H groups in total. The van der Waals surface area contributed by atoms with Gasteiger partial charge in [-0.15, -0.1) is 0 Å². The molecule has 0 spiro atoms. The van der Waals surface area contributed by atoms with Crippen molar-refractivity contribution in [1.29, 1.82) is 0 Å². The zero-order chi connectivity index (χ0) is 23.1. The van der Waals surface area contributed by atoms with Crippen LogP contribution in [0.25, 0.3) is 0 Å². The van der Waals surface area contributed by atoms with E-state index in [2.05, 4.69) is 26.5 Å². The minimum Gasteiger partial charge on any atom is -0.457 e. The number of rotatable bonds is 8. The fourth-order valence-corrected chi connectivity index (χ4v) is 4.05. The zero-order valence-electron chi connectivity index (χ0n) is 17.5. The first kappa shape index (κ1) is 23.5. The lowest BCUT2D eigenvalue weighted by Gasteiger charge is -2.21. The summed E-state index contributed by atoms with van der Waals surface area (Å²) in [6.07, 6.45) is 1.05. The zero-order valence-corrected chi connectivity index (χ0v) is 19.9. The molecule has 7 nitrogen and oxygen atoms in total. The summed E-state index contributed by atoms with van der Waals surface area (Å²) < 4.78 is 32.3. The lowest BCUT2D eigenvalue weighted by Crippen LogP contribution is -2.39. The minimum atomic E-state index is -3.70. The van der Waals surface area contributed by atoms with Crippen molar-refractivity contribution in [3.63, 3.8) is 0 Å². The number of sulfonamides is 1. The highest BCUT2D eigenvalue weighted by Crippen LogP contribution is 2.25. The predicted octanol–water partition coefficient (Wildman–Crippen LogP) is 4.55. The van der Waals surface area contributed by atoms with Crippen molar-refractivity contribution in [3.05, 3.63) is 88.9 Å². The summed E-state index contributed by atoms with van der Waals surface area (Å²) in [7, 11) is -3.70. The fraction of sp³-hybridized carbons (Fsp3) is 0.130. The molecule has 0 radical (unpaired) electrons. The van der Waals surface area contributed by atoms with Crippen LogP contribution in [-0.2, 0) is 14.8 Å². The van der Waals surface area contributed by atoms with Gasteiger partial charge in [0.25, 0.3) is 5.91 Å². The molecular weight excluding hydrogens is 494 g/mol. The number of nitrogens with zero attached hydrogens (tertiary/aromatic N) is 2. The molecule has 0 aliphatic heterocycles. The van der Waals surface area contributed by atoms with E-state index in [4.69, 9.17) is 4.74 Å². The van der Waals surface area contributed by atoms with Crippen LogP contribution >= 0.6 is 15.9 Å². The van der Waals surface area contributed by atoms with Crippen LogP contribution in [0, 0.1) is 0 Å². The van der Waals surface area contributed by atoms with Gasteiger partial charge in [-0.3, -0.25) is 9.10 Å². The summed E-state index contributed by atoms with van der Waals surface area (Å²) in [4.78, 5) is 12.4. The van der Waals surface area contributed by atoms with Crippen molar-refractivity contribution in [2.45, 2.75) is 6.92 Å². The van der Waals surface area contributed by atoms with Gasteiger partial charge in [-0.25, -0.2) is 13.8 Å². The van der Waals surface area contributed by atoms with E-state index < -0.39 is 22.5 Å². The van der Waals surface area contributed by atoms with Crippen molar-refractivity contribution < 1.29 is 17.9 Å². The second-order valence-electron chi connectivity index (χ2n) is 6.92. The van der Waals surface area contributed by atoms with Crippen LogP contribution in [0.5, 0.6) is 11.5 Å². The number of ether oxygens (including phenoxy) is 1. The van der Waals surface area contributed by atoms with Crippen LogP contribution in [-0.4, -0.2) is 32.8 Å². The SMILES string of the molecule is C/C(=N\NC(=O)CN(c1ccc(Oc2ccccc2)cc1)S(C)(=O)=O)c1cccc(Br)c1. The fourth-order valence-electron chi connectivity index (χ4n) is 2.80. The number of carbonyl (C=O) groups excluding carboxylic acids is 1. The number of para-hydroxylation sites is 1. The molecule has 0 saturated carbocycles. The molecular formula is C23H22BrN3O4S. The molecule has 3 aromatic carbocycles. The first-order chi connectivity index (χ1) is 15.2. The number of hydrogen-bond acceptors (Lipinski definition) is 5. The predicted molar refractivity (Wildman–Crippen MR) is 130 cm³/mol. The minimum absolute atomic E-state index is 0.343. The largest absolute Gasteiger partial charge is 0.457 e. The number of nitrogens with one attached hydrogen (secondary N) is 1. The second-order valence-corrected chi connectivity index (χ2v) is 9.74. The van der Waals surface area contributed by atoms with Crippen LogP contribution in [0.3, 0.4) is 0 Å². The maximum absolute atomic E-state index is 12.4. The Labute approximate surface area is 195 Å². The van der Waals surface area contributed by atoms with Crippen LogP contribution in [0.15, 0.2) is 88.4 Å². The molecule has 0 bridgehead atoms. The van der Waals surface area contributed by atoms with Gasteiger partial charge in [-0.05, 0) is 61.0 Å². The second kappa shape index (κ2) is 10.4. The highest BCUT2D eigenvalue weighted by atomic mass is 79.9. The van der Waals surface area contributed by atoms with Crippen LogP contribution in [0.2, 0.25) is 0 Å². The normalized spacial score (nSPS) is 11.7. The average molecular weight is 516 g/mol. The van der Waals surface area contributed by atoms with Gasteiger partial charge >= 0.3 is 0 Å². The van der Waals surface area contributed by atoms with Gasteiger partial charge < -0.3 is 4.74 Å². The molecule has 0 atom stereocenters. The first-order valence-electron chi connectivity index (χ1n) is 9.62. The summed E-state index contributed by atoms with van der Waals surface area (Å²) >= 11 is 3.39. The Bertz CT molecular complexity index is 1210. The number of amides is 1. The lowest BCUT2D eigenvalue weighted by atomic mass is 10.1. The molecule has 1 amide bonds. The van der Waals surface area contributed by atoms with Crippen molar-refractivity contribution in [3.8, 4) is 11.5 Å². The number of carbonyl (C=O) groups is 1. The third-order valence-corrected chi connectivity index (χ3v) is 6.02. The number of hydrazone groups is 1. The van der Waals surface area contributed by atoms with Crippen LogP contribution < -0.4 is 14.5 Å². The molecule has 0 heterocycles. The molecule has 0 aliphatic rings. The van der Waals surface area contributed by atoms with Gasteiger partial charge in [0.05, 0.1) is 17.7 Å². The molecule has 0 aliphatic carbocycles. The van der Waals surface area contributed by atoms with E-state index in [1.807, 2.05) is 54.6 Å². The van der Waals surface area contributed by atoms with Gasteiger partial charge in [-0.1, -0.05) is 46.3 Å². The highest BCUT2D eigenvalue weighted by molar-refractivity contribution is 9.10. The van der Waals surface area contributed by atoms with Crippen molar-refractivity contribution in [2.24, 2.45) is 5.10 Å². The topological polar surface area (TPSA) is 88.1 Å². The van der Waals surface area contributed by atoms with Crippen molar-refractivity contribution in [2.75, 3.05) is 17.1 Å². The van der Waals surface area contributed by atoms with E-state index in [9.17, 15) is 13.2 Å². The number of benzene rings is 3. The Morgan fingerprint density at radius 1 is 1.00 bits per heavy atom. The van der Waals surface area contributed by atoms with Crippen LogP contribution in [0.4, 0.5) is 5.69 Å². The van der Waals surface area contributed by atoms with E-state index in [0.29, 0.717) is 22.9 Å². The smallest absolute Gasteiger partial charge is 0.260 e. The average Bonchev–Trinajstić information content (AvgIpc) is 2.76. The lowest BCUT2D eigenvalue weighted by molar-refractivity contribution is -0.119. The van der Waals surface area contributed by atoms with Crippen molar-refractivity contribution in [1.82, 2.24) is 5.43 Å².